The van der Waals surface area contributed by atoms with Crippen LogP contribution in [0.2, 0.25) is 5.02 Å². The normalized spacial score (nSPS) is 15.8. The van der Waals surface area contributed by atoms with E-state index in [2.05, 4.69) is 15.9 Å². The van der Waals surface area contributed by atoms with Crippen LogP contribution in [0, 0.1) is 11.3 Å². The number of ether oxygens (including phenoxy) is 1. The number of halogens is 2. The number of carbonyl (C=O) groups is 1. The van der Waals surface area contributed by atoms with Crippen LogP contribution in [0.25, 0.3) is 0 Å². The number of nitrogens with zero attached hydrogens (tertiary/aromatic N) is 1. The Hall–Kier alpha value is -2.08. The predicted molar refractivity (Wildman–Crippen MR) is 93.9 cm³/mol. The van der Waals surface area contributed by atoms with E-state index in [-0.39, 0.29) is 17.1 Å². The second kappa shape index (κ2) is 6.67. The summed E-state index contributed by atoms with van der Waals surface area (Å²) in [6, 6.07) is 10.7. The molecule has 0 fully saturated rings. The van der Waals surface area contributed by atoms with E-state index >= 15 is 0 Å². The second-order valence-electron chi connectivity index (χ2n) is 5.30. The first kappa shape index (κ1) is 17.7. The van der Waals surface area contributed by atoms with Crippen molar-refractivity contribution in [2.24, 2.45) is 0 Å². The summed E-state index contributed by atoms with van der Waals surface area (Å²) in [5, 5.41) is 9.39. The quantitative estimate of drug-likeness (QED) is 0.790. The molecule has 3 rings (SSSR count). The van der Waals surface area contributed by atoms with Gasteiger partial charge in [-0.2, -0.15) is 5.26 Å². The molecule has 0 saturated heterocycles. The second-order valence-corrected chi connectivity index (χ2v) is 8.34. The Morgan fingerprint density at radius 3 is 2.80 bits per heavy atom. The highest BCUT2D eigenvalue weighted by molar-refractivity contribution is 9.10. The monoisotopic (exact) mass is 440 g/mol. The van der Waals surface area contributed by atoms with E-state index in [0.717, 1.165) is 0 Å². The molecule has 1 heterocycles. The Kier molecular flexibility index (Phi) is 4.73. The zero-order chi connectivity index (χ0) is 18.2. The van der Waals surface area contributed by atoms with Gasteiger partial charge in [0.2, 0.25) is 5.91 Å². The van der Waals surface area contributed by atoms with E-state index in [1.54, 1.807) is 18.2 Å². The van der Waals surface area contributed by atoms with Crippen molar-refractivity contribution in [3.63, 3.8) is 0 Å². The zero-order valence-electron chi connectivity index (χ0n) is 12.5. The fourth-order valence-corrected chi connectivity index (χ4v) is 4.36. The molecule has 1 aliphatic heterocycles. The molecule has 0 bridgehead atoms. The van der Waals surface area contributed by atoms with Gasteiger partial charge in [-0.25, -0.2) is 13.1 Å². The fraction of sp³-hybridized carbons (Fsp3) is 0.125. The van der Waals surface area contributed by atoms with E-state index in [4.69, 9.17) is 21.6 Å². The van der Waals surface area contributed by atoms with Crippen molar-refractivity contribution in [1.82, 2.24) is 4.72 Å². The first-order chi connectivity index (χ1) is 11.8. The summed E-state index contributed by atoms with van der Waals surface area (Å²) in [5.41, 5.74) is 0.690. The van der Waals surface area contributed by atoms with Gasteiger partial charge in [0.15, 0.2) is 0 Å². The van der Waals surface area contributed by atoms with E-state index in [0.29, 0.717) is 20.8 Å². The standard InChI is InChI=1S/C16H10BrClN2O4S/c17-10-3-9(7-19)4-12(5-10)25(22,23)20-16(21)14-8-24-15-2-1-11(18)6-13(14)15/h1-6,14H,8H2,(H,20,21). The van der Waals surface area contributed by atoms with Gasteiger partial charge in [0.05, 0.1) is 16.5 Å². The highest BCUT2D eigenvalue weighted by atomic mass is 79.9. The van der Waals surface area contributed by atoms with Crippen LogP contribution in [0.1, 0.15) is 17.0 Å². The average Bonchev–Trinajstić information content (AvgIpc) is 2.96. The lowest BCUT2D eigenvalue weighted by molar-refractivity contribution is -0.120. The van der Waals surface area contributed by atoms with Crippen molar-refractivity contribution in [2.75, 3.05) is 6.61 Å². The summed E-state index contributed by atoms with van der Waals surface area (Å²) in [6.07, 6.45) is 0. The number of rotatable bonds is 3. The topological polar surface area (TPSA) is 96.3 Å². The van der Waals surface area contributed by atoms with Crippen molar-refractivity contribution in [1.29, 1.82) is 5.26 Å². The number of nitriles is 1. The van der Waals surface area contributed by atoms with E-state index in [9.17, 15) is 13.2 Å². The summed E-state index contributed by atoms with van der Waals surface area (Å²) in [7, 11) is -4.13. The van der Waals surface area contributed by atoms with Gasteiger partial charge in [0.25, 0.3) is 10.0 Å². The average molecular weight is 442 g/mol. The van der Waals surface area contributed by atoms with E-state index in [1.807, 2.05) is 10.8 Å². The molecular formula is C16H10BrClN2O4S. The number of benzene rings is 2. The lowest BCUT2D eigenvalue weighted by atomic mass is 10.0. The number of hydrogen-bond donors (Lipinski definition) is 1. The number of fused-ring (bicyclic) bond motifs is 1. The van der Waals surface area contributed by atoms with Gasteiger partial charge in [0, 0.05) is 15.1 Å². The van der Waals surface area contributed by atoms with Crippen molar-refractivity contribution in [3.05, 3.63) is 57.0 Å². The van der Waals surface area contributed by atoms with Crippen LogP contribution >= 0.6 is 27.5 Å². The van der Waals surface area contributed by atoms with E-state index in [1.165, 1.54) is 18.2 Å². The molecule has 0 aliphatic carbocycles. The summed E-state index contributed by atoms with van der Waals surface area (Å²) in [6.45, 7) is 0.0267. The maximum absolute atomic E-state index is 12.5. The maximum atomic E-state index is 12.5. The summed E-state index contributed by atoms with van der Waals surface area (Å²) >= 11 is 9.08. The molecule has 2 aromatic carbocycles. The Bertz CT molecular complexity index is 1020. The number of nitrogens with one attached hydrogen (secondary N) is 1. The number of amides is 1. The van der Waals surface area contributed by atoms with Gasteiger partial charge < -0.3 is 4.74 Å². The molecule has 0 saturated carbocycles. The molecule has 1 unspecified atom stereocenters. The molecule has 128 valence electrons. The maximum Gasteiger partial charge on any atom is 0.264 e. The smallest absolute Gasteiger partial charge is 0.264 e. The lowest BCUT2D eigenvalue weighted by Crippen LogP contribution is -2.35. The zero-order valence-corrected chi connectivity index (χ0v) is 15.7. The summed E-state index contributed by atoms with van der Waals surface area (Å²) in [5.74, 6) is -1.01. The van der Waals surface area contributed by atoms with E-state index < -0.39 is 21.8 Å². The minimum absolute atomic E-state index is 0.0267. The fourth-order valence-electron chi connectivity index (χ4n) is 2.45. The number of carbonyl (C=O) groups excluding carboxylic acids is 1. The lowest BCUT2D eigenvalue weighted by Gasteiger charge is -2.11. The van der Waals surface area contributed by atoms with Crippen molar-refractivity contribution >= 4 is 43.5 Å². The third kappa shape index (κ3) is 3.63. The predicted octanol–water partition coefficient (Wildman–Crippen LogP) is 2.96. The van der Waals surface area contributed by atoms with Gasteiger partial charge >= 0.3 is 0 Å². The van der Waals surface area contributed by atoms with Gasteiger partial charge in [-0.15, -0.1) is 0 Å². The van der Waals surface area contributed by atoms with Crippen LogP contribution in [0.15, 0.2) is 45.8 Å². The van der Waals surface area contributed by atoms with Crippen LogP contribution in [-0.4, -0.2) is 20.9 Å². The molecule has 1 amide bonds. The molecule has 2 aromatic rings. The molecule has 6 nitrogen and oxygen atoms in total. The van der Waals surface area contributed by atoms with Gasteiger partial charge in [-0.05, 0) is 36.4 Å². The molecule has 0 spiro atoms. The van der Waals surface area contributed by atoms with Crippen molar-refractivity contribution in [2.45, 2.75) is 10.8 Å². The molecule has 1 atom stereocenters. The third-order valence-electron chi connectivity index (χ3n) is 3.61. The molecule has 0 aromatic heterocycles. The highest BCUT2D eigenvalue weighted by Crippen LogP contribution is 2.36. The van der Waals surface area contributed by atoms with Crippen molar-refractivity contribution < 1.29 is 17.9 Å². The summed E-state index contributed by atoms with van der Waals surface area (Å²) in [4.78, 5) is 12.3. The van der Waals surface area contributed by atoms with Crippen LogP contribution in [0.5, 0.6) is 5.75 Å². The van der Waals surface area contributed by atoms with Gasteiger partial charge in [-0.3, -0.25) is 4.79 Å². The van der Waals surface area contributed by atoms with Crippen LogP contribution in [0.4, 0.5) is 0 Å². The molecule has 25 heavy (non-hydrogen) atoms. The minimum Gasteiger partial charge on any atom is -0.492 e. The van der Waals surface area contributed by atoms with Crippen LogP contribution in [-0.2, 0) is 14.8 Å². The Morgan fingerprint density at radius 2 is 2.08 bits per heavy atom. The Labute approximate surface area is 157 Å². The van der Waals surface area contributed by atoms with Crippen LogP contribution < -0.4 is 9.46 Å². The van der Waals surface area contributed by atoms with Gasteiger partial charge in [0.1, 0.15) is 18.3 Å². The Morgan fingerprint density at radius 1 is 1.32 bits per heavy atom. The highest BCUT2D eigenvalue weighted by Gasteiger charge is 2.33. The summed E-state index contributed by atoms with van der Waals surface area (Å²) < 4.78 is 32.8. The molecule has 9 heteroatoms. The molecule has 1 N–H and O–H groups in total. The Balaban J connectivity index is 1.88. The van der Waals surface area contributed by atoms with Crippen LogP contribution in [0.3, 0.4) is 0 Å². The molecule has 1 aliphatic rings. The third-order valence-corrected chi connectivity index (χ3v) is 5.63. The van der Waals surface area contributed by atoms with Gasteiger partial charge in [-0.1, -0.05) is 27.5 Å². The SMILES string of the molecule is N#Cc1cc(Br)cc(S(=O)(=O)NC(=O)C2COc3ccc(Cl)cc32)c1. The first-order valence-electron chi connectivity index (χ1n) is 7.00. The number of sulfonamides is 1. The largest absolute Gasteiger partial charge is 0.492 e. The first-order valence-corrected chi connectivity index (χ1v) is 9.65. The minimum atomic E-state index is -4.13. The molecule has 0 radical (unpaired) electrons. The molecular weight excluding hydrogens is 432 g/mol. The van der Waals surface area contributed by atoms with Crippen molar-refractivity contribution in [3.8, 4) is 11.8 Å². The number of hydrogen-bond acceptors (Lipinski definition) is 5.